The molecule has 0 amide bonds. The molecular weight excluding hydrogens is 312 g/mol. The van der Waals surface area contributed by atoms with E-state index in [4.69, 9.17) is 9.47 Å². The predicted octanol–water partition coefficient (Wildman–Crippen LogP) is 3.37. The van der Waals surface area contributed by atoms with Gasteiger partial charge in [0.25, 0.3) is 0 Å². The molecule has 0 aromatic heterocycles. The Hall–Kier alpha value is 0.880. The summed E-state index contributed by atoms with van der Waals surface area (Å²) >= 11 is 6.64. The SMILES string of the molecule is BrCCOCCCCCCOCCBr. The van der Waals surface area contributed by atoms with Gasteiger partial charge in [0.2, 0.25) is 0 Å². The van der Waals surface area contributed by atoms with E-state index in [9.17, 15) is 0 Å². The molecule has 0 spiro atoms. The lowest BCUT2D eigenvalue weighted by Gasteiger charge is -2.03. The third-order valence-corrected chi connectivity index (χ3v) is 2.42. The van der Waals surface area contributed by atoms with E-state index >= 15 is 0 Å². The van der Waals surface area contributed by atoms with Crippen molar-refractivity contribution in [3.05, 3.63) is 0 Å². The second kappa shape index (κ2) is 13.9. The van der Waals surface area contributed by atoms with E-state index in [1.165, 1.54) is 25.7 Å². The van der Waals surface area contributed by atoms with Crippen LogP contribution in [0.1, 0.15) is 25.7 Å². The summed E-state index contributed by atoms with van der Waals surface area (Å²) in [4.78, 5) is 0. The van der Waals surface area contributed by atoms with Crippen LogP contribution >= 0.6 is 31.9 Å². The van der Waals surface area contributed by atoms with E-state index in [0.29, 0.717) is 0 Å². The molecule has 0 aromatic carbocycles. The molecule has 0 saturated heterocycles. The summed E-state index contributed by atoms with van der Waals surface area (Å²) in [6, 6.07) is 0. The second-order valence-electron chi connectivity index (χ2n) is 3.02. The minimum atomic E-state index is 0.828. The topological polar surface area (TPSA) is 18.5 Å². The fourth-order valence-electron chi connectivity index (χ4n) is 1.08. The third-order valence-electron chi connectivity index (χ3n) is 1.77. The van der Waals surface area contributed by atoms with Gasteiger partial charge in [-0.1, -0.05) is 44.7 Å². The Morgan fingerprint density at radius 1 is 0.571 bits per heavy atom. The first kappa shape index (κ1) is 14.9. The van der Waals surface area contributed by atoms with Crippen LogP contribution in [0.4, 0.5) is 0 Å². The van der Waals surface area contributed by atoms with E-state index in [2.05, 4.69) is 31.9 Å². The lowest BCUT2D eigenvalue weighted by atomic mass is 10.2. The summed E-state index contributed by atoms with van der Waals surface area (Å²) in [5.41, 5.74) is 0. The molecule has 0 bridgehead atoms. The molecule has 0 aliphatic heterocycles. The molecule has 0 aromatic rings. The standard InChI is InChI=1S/C10H20Br2O2/c11-5-9-13-7-3-1-2-4-8-14-10-6-12/h1-10H2. The molecule has 0 heterocycles. The number of hydrogen-bond donors (Lipinski definition) is 0. The zero-order chi connectivity index (χ0) is 10.5. The lowest BCUT2D eigenvalue weighted by molar-refractivity contribution is 0.136. The average molecular weight is 332 g/mol. The molecule has 0 aliphatic rings. The van der Waals surface area contributed by atoms with Crippen molar-refractivity contribution in [2.24, 2.45) is 0 Å². The highest BCUT2D eigenvalue weighted by Gasteiger charge is 1.91. The summed E-state index contributed by atoms with van der Waals surface area (Å²) in [6.07, 6.45) is 4.84. The van der Waals surface area contributed by atoms with Gasteiger partial charge in [0.15, 0.2) is 0 Å². The lowest BCUT2D eigenvalue weighted by Crippen LogP contribution is -1.99. The Bertz CT molecular complexity index is 90.1. The Morgan fingerprint density at radius 2 is 1.00 bits per heavy atom. The van der Waals surface area contributed by atoms with Gasteiger partial charge in [-0.05, 0) is 12.8 Å². The van der Waals surface area contributed by atoms with Gasteiger partial charge in [-0.25, -0.2) is 0 Å². The predicted molar refractivity (Wildman–Crippen MR) is 67.7 cm³/mol. The molecule has 4 heteroatoms. The molecule has 0 aliphatic carbocycles. The largest absolute Gasteiger partial charge is 0.381 e. The zero-order valence-electron chi connectivity index (χ0n) is 8.64. The molecule has 2 nitrogen and oxygen atoms in total. The van der Waals surface area contributed by atoms with Crippen LogP contribution < -0.4 is 0 Å². The first-order valence-corrected chi connectivity index (χ1v) is 7.43. The Kier molecular flexibility index (Phi) is 14.8. The minimum absolute atomic E-state index is 0.828. The van der Waals surface area contributed by atoms with Gasteiger partial charge in [-0.2, -0.15) is 0 Å². The van der Waals surface area contributed by atoms with Crippen molar-refractivity contribution >= 4 is 31.9 Å². The number of hydrogen-bond acceptors (Lipinski definition) is 2. The third kappa shape index (κ3) is 12.9. The van der Waals surface area contributed by atoms with Crippen LogP contribution in [0.2, 0.25) is 0 Å². The number of halogens is 2. The molecular formula is C10H20Br2O2. The van der Waals surface area contributed by atoms with Crippen molar-refractivity contribution in [3.63, 3.8) is 0 Å². The van der Waals surface area contributed by atoms with E-state index in [0.717, 1.165) is 37.1 Å². The van der Waals surface area contributed by atoms with E-state index in [1.54, 1.807) is 0 Å². The maximum absolute atomic E-state index is 5.34. The molecule has 0 fully saturated rings. The van der Waals surface area contributed by atoms with E-state index in [-0.39, 0.29) is 0 Å². The van der Waals surface area contributed by atoms with Crippen LogP contribution in [0.3, 0.4) is 0 Å². The van der Waals surface area contributed by atoms with Gasteiger partial charge in [0.1, 0.15) is 0 Å². The number of ether oxygens (including phenoxy) is 2. The highest BCUT2D eigenvalue weighted by molar-refractivity contribution is 9.09. The average Bonchev–Trinajstić information content (AvgIpc) is 2.21. The summed E-state index contributed by atoms with van der Waals surface area (Å²) in [5, 5.41) is 1.88. The van der Waals surface area contributed by atoms with Crippen molar-refractivity contribution in [2.45, 2.75) is 25.7 Å². The van der Waals surface area contributed by atoms with Crippen LogP contribution in [0, 0.1) is 0 Å². The summed E-state index contributed by atoms with van der Waals surface area (Å²) in [5.74, 6) is 0. The van der Waals surface area contributed by atoms with Gasteiger partial charge in [-0.15, -0.1) is 0 Å². The maximum Gasteiger partial charge on any atom is 0.0563 e. The molecule has 0 saturated carbocycles. The van der Waals surface area contributed by atoms with Crippen molar-refractivity contribution in [1.29, 1.82) is 0 Å². The van der Waals surface area contributed by atoms with Crippen LogP contribution in [0.15, 0.2) is 0 Å². The van der Waals surface area contributed by atoms with E-state index in [1.807, 2.05) is 0 Å². The van der Waals surface area contributed by atoms with Crippen molar-refractivity contribution in [2.75, 3.05) is 37.1 Å². The van der Waals surface area contributed by atoms with Gasteiger partial charge in [0.05, 0.1) is 13.2 Å². The molecule has 14 heavy (non-hydrogen) atoms. The smallest absolute Gasteiger partial charge is 0.0563 e. The van der Waals surface area contributed by atoms with Gasteiger partial charge < -0.3 is 9.47 Å². The van der Waals surface area contributed by atoms with Crippen LogP contribution in [0.25, 0.3) is 0 Å². The molecule has 0 unspecified atom stereocenters. The number of rotatable bonds is 11. The van der Waals surface area contributed by atoms with Crippen LogP contribution in [0.5, 0.6) is 0 Å². The summed E-state index contributed by atoms with van der Waals surface area (Å²) < 4.78 is 10.7. The fraction of sp³-hybridized carbons (Fsp3) is 1.00. The van der Waals surface area contributed by atoms with Crippen LogP contribution in [-0.2, 0) is 9.47 Å². The van der Waals surface area contributed by atoms with E-state index < -0.39 is 0 Å². The summed E-state index contributed by atoms with van der Waals surface area (Å²) in [7, 11) is 0. The normalized spacial score (nSPS) is 10.7. The number of unbranched alkanes of at least 4 members (excludes halogenated alkanes) is 3. The Balaban J connectivity index is 2.78. The Labute approximate surface area is 104 Å². The van der Waals surface area contributed by atoms with Gasteiger partial charge in [0, 0.05) is 23.9 Å². The quantitative estimate of drug-likeness (QED) is 0.427. The number of alkyl halides is 2. The van der Waals surface area contributed by atoms with Crippen LogP contribution in [-0.4, -0.2) is 37.1 Å². The molecule has 0 rings (SSSR count). The fourth-order valence-corrected chi connectivity index (χ4v) is 1.53. The van der Waals surface area contributed by atoms with Crippen molar-refractivity contribution < 1.29 is 9.47 Å². The molecule has 0 N–H and O–H groups in total. The summed E-state index contributed by atoms with van der Waals surface area (Å²) in [6.45, 7) is 3.45. The van der Waals surface area contributed by atoms with Gasteiger partial charge in [-0.3, -0.25) is 0 Å². The van der Waals surface area contributed by atoms with Crippen molar-refractivity contribution in [3.8, 4) is 0 Å². The Morgan fingerprint density at radius 3 is 1.36 bits per heavy atom. The maximum atomic E-state index is 5.34. The monoisotopic (exact) mass is 330 g/mol. The highest BCUT2D eigenvalue weighted by atomic mass is 79.9. The highest BCUT2D eigenvalue weighted by Crippen LogP contribution is 2.00. The second-order valence-corrected chi connectivity index (χ2v) is 4.60. The first-order valence-electron chi connectivity index (χ1n) is 5.19. The molecule has 0 radical (unpaired) electrons. The minimum Gasteiger partial charge on any atom is -0.381 e. The molecule has 86 valence electrons. The van der Waals surface area contributed by atoms with Crippen molar-refractivity contribution in [1.82, 2.24) is 0 Å². The van der Waals surface area contributed by atoms with Gasteiger partial charge >= 0.3 is 0 Å². The molecule has 0 atom stereocenters. The zero-order valence-corrected chi connectivity index (χ0v) is 11.8. The first-order chi connectivity index (χ1) is 6.91.